The minimum absolute atomic E-state index is 1.14. The Bertz CT molecular complexity index is 134. The monoisotopic (exact) mass is 183 g/mol. The fourth-order valence-electron chi connectivity index (χ4n) is 1.48. The van der Waals surface area contributed by atoms with Crippen LogP contribution in [0.25, 0.3) is 0 Å². The molecule has 0 aromatic carbocycles. The van der Waals surface area contributed by atoms with Gasteiger partial charge in [-0.25, -0.2) is 0 Å². The molecule has 0 aromatic heterocycles. The highest BCUT2D eigenvalue weighted by Crippen LogP contribution is 2.08. The fourth-order valence-corrected chi connectivity index (χ4v) is 1.48. The molecule has 0 fully saturated rings. The molecule has 0 rings (SSSR count). The van der Waals surface area contributed by atoms with Crippen LogP contribution in [0, 0.1) is 0 Å². The molecule has 0 heterocycles. The molecule has 0 bridgehead atoms. The maximum absolute atomic E-state index is 2.45. The highest BCUT2D eigenvalue weighted by atomic mass is 15.1. The van der Waals surface area contributed by atoms with Crippen molar-refractivity contribution >= 4 is 0 Å². The minimum Gasteiger partial charge on any atom is -0.300 e. The number of rotatable bonds is 7. The average molecular weight is 183 g/mol. The summed E-state index contributed by atoms with van der Waals surface area (Å²) < 4.78 is 0. The number of hydrogen-bond acceptors (Lipinski definition) is 1. The number of nitrogens with zero attached hydrogens (tertiary/aromatic N) is 1. The highest BCUT2D eigenvalue weighted by molar-refractivity contribution is 5.02. The molecule has 0 aliphatic heterocycles. The SMILES string of the molecule is CCC/C(=C\CN(CC)CC)CC. The Hall–Kier alpha value is -0.300. The molecule has 0 saturated carbocycles. The second-order valence-electron chi connectivity index (χ2n) is 3.45. The molecule has 78 valence electrons. The predicted molar refractivity (Wildman–Crippen MR) is 61.1 cm³/mol. The standard InChI is InChI=1S/C12H25N/c1-5-9-12(6-2)10-11-13(7-3)8-4/h10H,5-9,11H2,1-4H3/b12-10-. The van der Waals surface area contributed by atoms with E-state index in [1.807, 2.05) is 0 Å². The first-order valence-corrected chi connectivity index (χ1v) is 5.68. The lowest BCUT2D eigenvalue weighted by Gasteiger charge is -2.16. The lowest BCUT2D eigenvalue weighted by atomic mass is 10.1. The minimum atomic E-state index is 1.14. The normalized spacial score (nSPS) is 12.5. The maximum Gasteiger partial charge on any atom is 0.0165 e. The summed E-state index contributed by atoms with van der Waals surface area (Å²) in [6.45, 7) is 12.4. The van der Waals surface area contributed by atoms with Crippen LogP contribution in [0.2, 0.25) is 0 Å². The molecule has 13 heavy (non-hydrogen) atoms. The molecular formula is C12H25N. The van der Waals surface area contributed by atoms with Gasteiger partial charge in [0.15, 0.2) is 0 Å². The Morgan fingerprint density at radius 2 is 1.69 bits per heavy atom. The van der Waals surface area contributed by atoms with Crippen LogP contribution in [0.1, 0.15) is 47.0 Å². The third kappa shape index (κ3) is 5.87. The molecule has 0 radical (unpaired) electrons. The topological polar surface area (TPSA) is 3.24 Å². The van der Waals surface area contributed by atoms with Crippen molar-refractivity contribution in [1.29, 1.82) is 0 Å². The first-order valence-electron chi connectivity index (χ1n) is 5.68. The van der Waals surface area contributed by atoms with Gasteiger partial charge in [-0.3, -0.25) is 0 Å². The van der Waals surface area contributed by atoms with E-state index in [1.54, 1.807) is 5.57 Å². The van der Waals surface area contributed by atoms with Crippen molar-refractivity contribution in [2.45, 2.75) is 47.0 Å². The van der Waals surface area contributed by atoms with Gasteiger partial charge in [0.05, 0.1) is 0 Å². The highest BCUT2D eigenvalue weighted by Gasteiger charge is 1.97. The van der Waals surface area contributed by atoms with Gasteiger partial charge >= 0.3 is 0 Å². The van der Waals surface area contributed by atoms with E-state index < -0.39 is 0 Å². The van der Waals surface area contributed by atoms with Crippen molar-refractivity contribution in [1.82, 2.24) is 4.90 Å². The van der Waals surface area contributed by atoms with Crippen molar-refractivity contribution in [3.63, 3.8) is 0 Å². The third-order valence-corrected chi connectivity index (χ3v) is 2.56. The molecule has 0 aliphatic rings. The van der Waals surface area contributed by atoms with Crippen molar-refractivity contribution in [3.05, 3.63) is 11.6 Å². The fraction of sp³-hybridized carbons (Fsp3) is 0.833. The van der Waals surface area contributed by atoms with Gasteiger partial charge in [-0.1, -0.05) is 45.8 Å². The van der Waals surface area contributed by atoms with Gasteiger partial charge < -0.3 is 4.90 Å². The summed E-state index contributed by atoms with van der Waals surface area (Å²) >= 11 is 0. The molecule has 0 atom stereocenters. The Balaban J connectivity index is 3.88. The molecule has 1 heteroatoms. The van der Waals surface area contributed by atoms with Crippen molar-refractivity contribution in [3.8, 4) is 0 Å². The second kappa shape index (κ2) is 8.31. The van der Waals surface area contributed by atoms with E-state index in [9.17, 15) is 0 Å². The summed E-state index contributed by atoms with van der Waals surface area (Å²) in [5.41, 5.74) is 1.62. The summed E-state index contributed by atoms with van der Waals surface area (Å²) in [5.74, 6) is 0. The van der Waals surface area contributed by atoms with Gasteiger partial charge in [-0.15, -0.1) is 0 Å². The molecule has 0 unspecified atom stereocenters. The molecule has 1 nitrogen and oxygen atoms in total. The average Bonchev–Trinajstić information content (AvgIpc) is 2.17. The lowest BCUT2D eigenvalue weighted by Crippen LogP contribution is -2.22. The zero-order valence-electron chi connectivity index (χ0n) is 9.77. The zero-order chi connectivity index (χ0) is 10.1. The van der Waals surface area contributed by atoms with Crippen LogP contribution in [0.3, 0.4) is 0 Å². The summed E-state index contributed by atoms with van der Waals surface area (Å²) in [6, 6.07) is 0. The second-order valence-corrected chi connectivity index (χ2v) is 3.45. The van der Waals surface area contributed by atoms with Gasteiger partial charge in [0.2, 0.25) is 0 Å². The van der Waals surface area contributed by atoms with Crippen molar-refractivity contribution in [2.75, 3.05) is 19.6 Å². The number of allylic oxidation sites excluding steroid dienone is 1. The van der Waals surface area contributed by atoms with Gasteiger partial charge in [-0.2, -0.15) is 0 Å². The van der Waals surface area contributed by atoms with E-state index in [0.717, 1.165) is 19.6 Å². The van der Waals surface area contributed by atoms with E-state index in [1.165, 1.54) is 19.3 Å². The van der Waals surface area contributed by atoms with E-state index in [2.05, 4.69) is 38.7 Å². The van der Waals surface area contributed by atoms with Crippen LogP contribution < -0.4 is 0 Å². The van der Waals surface area contributed by atoms with Crippen molar-refractivity contribution < 1.29 is 0 Å². The first-order chi connectivity index (χ1) is 6.28. The predicted octanol–water partition coefficient (Wildman–Crippen LogP) is 3.46. The lowest BCUT2D eigenvalue weighted by molar-refractivity contribution is 0.336. The summed E-state index contributed by atoms with van der Waals surface area (Å²) in [7, 11) is 0. The van der Waals surface area contributed by atoms with Gasteiger partial charge in [0.1, 0.15) is 0 Å². The van der Waals surface area contributed by atoms with E-state index >= 15 is 0 Å². The summed E-state index contributed by atoms with van der Waals surface area (Å²) in [4.78, 5) is 2.45. The maximum atomic E-state index is 2.45. The summed E-state index contributed by atoms with van der Waals surface area (Å²) in [5, 5.41) is 0. The van der Waals surface area contributed by atoms with Gasteiger partial charge in [-0.05, 0) is 25.9 Å². The molecule has 0 spiro atoms. The molecule has 0 aliphatic carbocycles. The third-order valence-electron chi connectivity index (χ3n) is 2.56. The van der Waals surface area contributed by atoms with Crippen LogP contribution in [0.15, 0.2) is 11.6 Å². The van der Waals surface area contributed by atoms with E-state index in [0.29, 0.717) is 0 Å². The van der Waals surface area contributed by atoms with Crippen LogP contribution in [-0.4, -0.2) is 24.5 Å². The van der Waals surface area contributed by atoms with Gasteiger partial charge in [0, 0.05) is 6.54 Å². The van der Waals surface area contributed by atoms with Crippen molar-refractivity contribution in [2.24, 2.45) is 0 Å². The summed E-state index contributed by atoms with van der Waals surface area (Å²) in [6.07, 6.45) is 6.18. The number of hydrogen-bond donors (Lipinski definition) is 0. The van der Waals surface area contributed by atoms with Crippen LogP contribution >= 0.6 is 0 Å². The Labute approximate surface area is 83.8 Å². The Morgan fingerprint density at radius 3 is 2.08 bits per heavy atom. The van der Waals surface area contributed by atoms with E-state index in [4.69, 9.17) is 0 Å². The van der Waals surface area contributed by atoms with Gasteiger partial charge in [0.25, 0.3) is 0 Å². The van der Waals surface area contributed by atoms with Crippen LogP contribution in [-0.2, 0) is 0 Å². The van der Waals surface area contributed by atoms with Crippen LogP contribution in [0.5, 0.6) is 0 Å². The smallest absolute Gasteiger partial charge is 0.0165 e. The van der Waals surface area contributed by atoms with Crippen LogP contribution in [0.4, 0.5) is 0 Å². The molecule has 0 saturated heterocycles. The Kier molecular flexibility index (Phi) is 8.11. The van der Waals surface area contributed by atoms with E-state index in [-0.39, 0.29) is 0 Å². The molecule has 0 aromatic rings. The largest absolute Gasteiger partial charge is 0.300 e. The quantitative estimate of drug-likeness (QED) is 0.546. The molecule has 0 N–H and O–H groups in total. The zero-order valence-corrected chi connectivity index (χ0v) is 9.77. The molecule has 0 amide bonds. The molecular weight excluding hydrogens is 158 g/mol. The number of likely N-dealkylation sites (N-methyl/N-ethyl adjacent to an activating group) is 1. The Morgan fingerprint density at radius 1 is 1.08 bits per heavy atom. The first kappa shape index (κ1) is 12.7.